The van der Waals surface area contributed by atoms with E-state index in [1.54, 1.807) is 0 Å². The van der Waals surface area contributed by atoms with E-state index in [2.05, 4.69) is 0 Å². The lowest BCUT2D eigenvalue weighted by atomic mass is 10.2. The summed E-state index contributed by atoms with van der Waals surface area (Å²) >= 11 is 5.60. The summed E-state index contributed by atoms with van der Waals surface area (Å²) in [6.45, 7) is 0. The number of halogens is 2. The van der Waals surface area contributed by atoms with Crippen LogP contribution in [0.5, 0.6) is 5.75 Å². The predicted molar refractivity (Wildman–Crippen MR) is 51.4 cm³/mol. The van der Waals surface area contributed by atoms with Crippen LogP contribution in [0.15, 0.2) is 18.2 Å². The van der Waals surface area contributed by atoms with Crippen LogP contribution >= 0.6 is 24.0 Å². The van der Waals surface area contributed by atoms with Crippen LogP contribution in [-0.2, 0) is 0 Å². The fourth-order valence-electron chi connectivity index (χ4n) is 0.724. The minimum absolute atomic E-state index is 0. The highest BCUT2D eigenvalue weighted by atomic mass is 35.5. The summed E-state index contributed by atoms with van der Waals surface area (Å²) in [6.07, 6.45) is 0. The van der Waals surface area contributed by atoms with Gasteiger partial charge in [-0.15, -0.1) is 12.4 Å². The van der Waals surface area contributed by atoms with Crippen molar-refractivity contribution >= 4 is 29.8 Å². The van der Waals surface area contributed by atoms with Crippen LogP contribution in [0.1, 0.15) is 5.56 Å². The molecule has 0 amide bonds. The topological polar surface area (TPSA) is 70.1 Å². The third-order valence-electron chi connectivity index (χ3n) is 1.25. The van der Waals surface area contributed by atoms with Gasteiger partial charge in [-0.25, -0.2) is 0 Å². The molecule has 0 aliphatic carbocycles. The molecule has 0 unspecified atom stereocenters. The van der Waals surface area contributed by atoms with Gasteiger partial charge in [0.15, 0.2) is 0 Å². The van der Waals surface area contributed by atoms with Gasteiger partial charge in [0.1, 0.15) is 11.6 Å². The summed E-state index contributed by atoms with van der Waals surface area (Å²) in [6, 6.07) is 4.38. The Morgan fingerprint density at radius 1 is 1.50 bits per heavy atom. The van der Waals surface area contributed by atoms with E-state index in [1.165, 1.54) is 18.2 Å². The first-order valence-electron chi connectivity index (χ1n) is 2.94. The Morgan fingerprint density at radius 3 is 2.50 bits per heavy atom. The molecule has 0 radical (unpaired) electrons. The summed E-state index contributed by atoms with van der Waals surface area (Å²) in [5, 5.41) is 16.6. The number of nitrogen functional groups attached to an aromatic ring is 1. The summed E-state index contributed by atoms with van der Waals surface area (Å²) in [5.74, 6) is -0.216. The average Bonchev–Trinajstić information content (AvgIpc) is 1.94. The van der Waals surface area contributed by atoms with E-state index in [9.17, 15) is 0 Å². The smallest absolute Gasteiger partial charge is 0.126 e. The molecule has 0 saturated carbocycles. The van der Waals surface area contributed by atoms with Crippen molar-refractivity contribution in [3.05, 3.63) is 28.8 Å². The highest BCUT2D eigenvalue weighted by Crippen LogP contribution is 2.20. The van der Waals surface area contributed by atoms with Crippen LogP contribution in [-0.4, -0.2) is 10.9 Å². The maximum atomic E-state index is 9.13. The molecule has 0 saturated heterocycles. The zero-order valence-electron chi connectivity index (χ0n) is 6.04. The van der Waals surface area contributed by atoms with Crippen molar-refractivity contribution in [3.63, 3.8) is 0 Å². The first-order chi connectivity index (χ1) is 5.11. The summed E-state index contributed by atoms with van der Waals surface area (Å²) in [5.41, 5.74) is 5.41. The predicted octanol–water partition coefficient (Wildman–Crippen LogP) is 1.75. The maximum absolute atomic E-state index is 9.13. The van der Waals surface area contributed by atoms with E-state index in [1.807, 2.05) is 0 Å². The Labute approximate surface area is 81.1 Å². The van der Waals surface area contributed by atoms with Gasteiger partial charge in [-0.1, -0.05) is 11.6 Å². The van der Waals surface area contributed by atoms with E-state index in [0.29, 0.717) is 5.02 Å². The lowest BCUT2D eigenvalue weighted by Crippen LogP contribution is -2.10. The van der Waals surface area contributed by atoms with Crippen LogP contribution < -0.4 is 5.73 Å². The normalized spacial score (nSPS) is 8.75. The molecule has 12 heavy (non-hydrogen) atoms. The van der Waals surface area contributed by atoms with E-state index in [-0.39, 0.29) is 29.6 Å². The second-order valence-corrected chi connectivity index (χ2v) is 2.51. The van der Waals surface area contributed by atoms with Gasteiger partial charge in [0.2, 0.25) is 0 Å². The monoisotopic (exact) mass is 206 g/mol. The molecule has 0 aliphatic rings. The van der Waals surface area contributed by atoms with Crippen LogP contribution in [0.2, 0.25) is 5.02 Å². The van der Waals surface area contributed by atoms with Gasteiger partial charge in [0.05, 0.1) is 5.56 Å². The van der Waals surface area contributed by atoms with Gasteiger partial charge in [0.25, 0.3) is 0 Å². The molecule has 0 aliphatic heterocycles. The molecule has 0 aromatic heterocycles. The second-order valence-electron chi connectivity index (χ2n) is 2.08. The molecular formula is C7H8Cl2N2O. The van der Waals surface area contributed by atoms with E-state index in [0.717, 1.165) is 0 Å². The van der Waals surface area contributed by atoms with Crippen molar-refractivity contribution in [1.29, 1.82) is 5.41 Å². The first kappa shape index (κ1) is 11.1. The van der Waals surface area contributed by atoms with Gasteiger partial charge in [0, 0.05) is 5.02 Å². The van der Waals surface area contributed by atoms with Gasteiger partial charge < -0.3 is 10.8 Å². The zero-order valence-corrected chi connectivity index (χ0v) is 7.62. The molecule has 0 fully saturated rings. The largest absolute Gasteiger partial charge is 0.507 e. The Balaban J connectivity index is 0.00000121. The summed E-state index contributed by atoms with van der Waals surface area (Å²) < 4.78 is 0. The lowest BCUT2D eigenvalue weighted by molar-refractivity contribution is 0.474. The lowest BCUT2D eigenvalue weighted by Gasteiger charge is -2.01. The maximum Gasteiger partial charge on any atom is 0.126 e. The number of hydrogen-bond acceptors (Lipinski definition) is 2. The number of rotatable bonds is 1. The molecule has 0 atom stereocenters. The highest BCUT2D eigenvalue weighted by Gasteiger charge is 2.03. The minimum atomic E-state index is -0.190. The number of nitrogens with two attached hydrogens (primary N) is 1. The number of benzene rings is 1. The molecule has 1 aromatic carbocycles. The number of phenolic OH excluding ortho intramolecular Hbond substituents is 1. The average molecular weight is 207 g/mol. The van der Waals surface area contributed by atoms with Crippen LogP contribution in [0.25, 0.3) is 0 Å². The van der Waals surface area contributed by atoms with Crippen molar-refractivity contribution in [2.24, 2.45) is 5.73 Å². The molecule has 3 nitrogen and oxygen atoms in total. The van der Waals surface area contributed by atoms with E-state index < -0.39 is 0 Å². The highest BCUT2D eigenvalue weighted by molar-refractivity contribution is 6.31. The Morgan fingerprint density at radius 2 is 2.08 bits per heavy atom. The van der Waals surface area contributed by atoms with Crippen molar-refractivity contribution in [2.45, 2.75) is 0 Å². The number of hydrogen-bond donors (Lipinski definition) is 3. The SMILES string of the molecule is Cl.N=C(N)c1cc(Cl)ccc1O. The zero-order chi connectivity index (χ0) is 8.43. The first-order valence-corrected chi connectivity index (χ1v) is 3.32. The molecule has 1 aromatic rings. The van der Waals surface area contributed by atoms with Gasteiger partial charge in [-0.3, -0.25) is 5.41 Å². The van der Waals surface area contributed by atoms with Crippen molar-refractivity contribution in [2.75, 3.05) is 0 Å². The Hall–Kier alpha value is -0.930. The third kappa shape index (κ3) is 2.29. The molecule has 66 valence electrons. The number of aromatic hydroxyl groups is 1. The Bertz CT molecular complexity index is 301. The molecule has 4 N–H and O–H groups in total. The molecule has 1 rings (SSSR count). The number of amidine groups is 1. The summed E-state index contributed by atoms with van der Waals surface area (Å²) in [7, 11) is 0. The molecular weight excluding hydrogens is 199 g/mol. The van der Waals surface area contributed by atoms with Crippen molar-refractivity contribution < 1.29 is 5.11 Å². The number of phenols is 1. The van der Waals surface area contributed by atoms with Crippen LogP contribution in [0.3, 0.4) is 0 Å². The third-order valence-corrected chi connectivity index (χ3v) is 1.48. The van der Waals surface area contributed by atoms with E-state index >= 15 is 0 Å². The second kappa shape index (κ2) is 4.18. The van der Waals surface area contributed by atoms with Crippen LogP contribution in [0, 0.1) is 5.41 Å². The Kier molecular flexibility index (Phi) is 3.86. The molecule has 0 bridgehead atoms. The van der Waals surface area contributed by atoms with Crippen molar-refractivity contribution in [1.82, 2.24) is 0 Å². The van der Waals surface area contributed by atoms with Gasteiger partial charge >= 0.3 is 0 Å². The number of nitrogens with one attached hydrogen (secondary N) is 1. The molecule has 5 heteroatoms. The molecule has 0 heterocycles. The fraction of sp³-hybridized carbons (Fsp3) is 0. The van der Waals surface area contributed by atoms with Crippen molar-refractivity contribution in [3.8, 4) is 5.75 Å². The summed E-state index contributed by atoms with van der Waals surface area (Å²) in [4.78, 5) is 0. The van der Waals surface area contributed by atoms with Gasteiger partial charge in [-0.05, 0) is 18.2 Å². The van der Waals surface area contributed by atoms with Gasteiger partial charge in [-0.2, -0.15) is 0 Å². The standard InChI is InChI=1S/C7H7ClN2O.ClH/c8-4-1-2-6(11)5(3-4)7(9)10;/h1-3,11H,(H3,9,10);1H. The minimum Gasteiger partial charge on any atom is -0.507 e. The van der Waals surface area contributed by atoms with Crippen LogP contribution in [0.4, 0.5) is 0 Å². The molecule has 0 spiro atoms. The quantitative estimate of drug-likeness (QED) is 0.485. The fourth-order valence-corrected chi connectivity index (χ4v) is 0.896. The van der Waals surface area contributed by atoms with E-state index in [4.69, 9.17) is 27.9 Å².